The number of hydrogen-bond donors (Lipinski definition) is 0. The molecule has 136 valence electrons. The monoisotopic (exact) mass is 338 g/mol. The molecule has 1 aliphatic carbocycles. The van der Waals surface area contributed by atoms with Crippen molar-refractivity contribution in [2.45, 2.75) is 53.2 Å². The number of esters is 1. The van der Waals surface area contributed by atoms with Crippen molar-refractivity contribution in [1.29, 1.82) is 0 Å². The fourth-order valence-corrected chi connectivity index (χ4v) is 3.46. The number of ketones is 1. The van der Waals surface area contributed by atoms with E-state index in [1.807, 2.05) is 26.8 Å². The Morgan fingerprint density at radius 3 is 2.42 bits per heavy atom. The van der Waals surface area contributed by atoms with Crippen LogP contribution in [0.2, 0.25) is 0 Å². The van der Waals surface area contributed by atoms with Gasteiger partial charge in [0.2, 0.25) is 0 Å². The lowest BCUT2D eigenvalue weighted by Crippen LogP contribution is -2.49. The van der Waals surface area contributed by atoms with Crippen molar-refractivity contribution in [2.75, 3.05) is 20.3 Å². The van der Waals surface area contributed by atoms with Crippen LogP contribution in [0.5, 0.6) is 0 Å². The molecule has 0 unspecified atom stereocenters. The minimum absolute atomic E-state index is 0.180. The van der Waals surface area contributed by atoms with E-state index in [4.69, 9.17) is 14.2 Å². The molecule has 0 saturated heterocycles. The van der Waals surface area contributed by atoms with E-state index in [1.54, 1.807) is 6.92 Å². The second-order valence-electron chi connectivity index (χ2n) is 6.19. The van der Waals surface area contributed by atoms with Gasteiger partial charge in [0.05, 0.1) is 7.11 Å². The maximum absolute atomic E-state index is 13.0. The van der Waals surface area contributed by atoms with Gasteiger partial charge in [0, 0.05) is 19.1 Å². The van der Waals surface area contributed by atoms with Gasteiger partial charge < -0.3 is 14.2 Å². The standard InChI is InChI=1S/C19H30O5/c1-7-23-16(24-8-2)11-12-19(18(21)22-6)15(13(3)4)10-9-14(5)17(19)20/h9,15-16H,3,7-8,10-12H2,1-2,4-6H3/t15-,19+/m0/s1. The van der Waals surface area contributed by atoms with Crippen LogP contribution >= 0.6 is 0 Å². The second-order valence-corrected chi connectivity index (χ2v) is 6.19. The van der Waals surface area contributed by atoms with E-state index in [9.17, 15) is 9.59 Å². The summed E-state index contributed by atoms with van der Waals surface area (Å²) >= 11 is 0. The lowest BCUT2D eigenvalue weighted by Gasteiger charge is -2.40. The highest BCUT2D eigenvalue weighted by Crippen LogP contribution is 2.46. The molecule has 0 aliphatic heterocycles. The molecule has 1 aliphatic rings. The van der Waals surface area contributed by atoms with Gasteiger partial charge in [-0.15, -0.1) is 0 Å². The number of methoxy groups -OCH3 is 1. The Labute approximate surface area is 145 Å². The summed E-state index contributed by atoms with van der Waals surface area (Å²) in [5.74, 6) is -0.954. The molecule has 0 saturated carbocycles. The first-order valence-electron chi connectivity index (χ1n) is 8.53. The highest BCUT2D eigenvalue weighted by atomic mass is 16.7. The summed E-state index contributed by atoms with van der Waals surface area (Å²) in [5, 5.41) is 0. The van der Waals surface area contributed by atoms with Crippen molar-refractivity contribution < 1.29 is 23.8 Å². The minimum atomic E-state index is -1.24. The van der Waals surface area contributed by atoms with Crippen molar-refractivity contribution in [3.8, 4) is 0 Å². The topological polar surface area (TPSA) is 61.8 Å². The zero-order valence-corrected chi connectivity index (χ0v) is 15.5. The Balaban J connectivity index is 3.20. The summed E-state index contributed by atoms with van der Waals surface area (Å²) in [7, 11) is 1.32. The van der Waals surface area contributed by atoms with Crippen molar-refractivity contribution in [3.05, 3.63) is 23.8 Å². The van der Waals surface area contributed by atoms with E-state index in [2.05, 4.69) is 6.58 Å². The molecule has 0 radical (unpaired) electrons. The first kappa shape index (κ1) is 20.6. The van der Waals surface area contributed by atoms with Gasteiger partial charge in [0.25, 0.3) is 0 Å². The van der Waals surface area contributed by atoms with E-state index in [-0.39, 0.29) is 11.7 Å². The zero-order valence-electron chi connectivity index (χ0n) is 15.5. The van der Waals surface area contributed by atoms with E-state index in [1.165, 1.54) is 7.11 Å². The van der Waals surface area contributed by atoms with Crippen LogP contribution in [0, 0.1) is 11.3 Å². The molecule has 0 aromatic carbocycles. The number of Topliss-reactive ketones (excluding diaryl/α,β-unsaturated/α-hetero) is 1. The fourth-order valence-electron chi connectivity index (χ4n) is 3.46. The predicted molar refractivity (Wildman–Crippen MR) is 92.4 cm³/mol. The number of carbonyl (C=O) groups excluding carboxylic acids is 2. The Morgan fingerprint density at radius 1 is 1.38 bits per heavy atom. The van der Waals surface area contributed by atoms with Gasteiger partial charge >= 0.3 is 5.97 Å². The molecule has 1 rings (SSSR count). The summed E-state index contributed by atoms with van der Waals surface area (Å²) in [6.45, 7) is 12.4. The third-order valence-electron chi connectivity index (χ3n) is 4.64. The molecule has 24 heavy (non-hydrogen) atoms. The predicted octanol–water partition coefficient (Wildman–Crippen LogP) is 3.44. The smallest absolute Gasteiger partial charge is 0.320 e. The molecule has 5 heteroatoms. The van der Waals surface area contributed by atoms with Gasteiger partial charge in [0.1, 0.15) is 5.41 Å². The molecule has 5 nitrogen and oxygen atoms in total. The molecule has 0 heterocycles. The molecule has 0 N–H and O–H groups in total. The van der Waals surface area contributed by atoms with E-state index >= 15 is 0 Å². The van der Waals surface area contributed by atoms with Crippen LogP contribution in [0.15, 0.2) is 23.8 Å². The van der Waals surface area contributed by atoms with Gasteiger partial charge in [-0.3, -0.25) is 9.59 Å². The number of allylic oxidation sites excluding steroid dienone is 3. The van der Waals surface area contributed by atoms with E-state index in [0.717, 1.165) is 5.57 Å². The summed E-state index contributed by atoms with van der Waals surface area (Å²) in [5.41, 5.74) is 0.162. The van der Waals surface area contributed by atoms with Crippen molar-refractivity contribution in [3.63, 3.8) is 0 Å². The van der Waals surface area contributed by atoms with Gasteiger partial charge in [-0.2, -0.15) is 0 Å². The number of carbonyl (C=O) groups is 2. The third kappa shape index (κ3) is 4.14. The first-order chi connectivity index (χ1) is 11.3. The molecule has 0 fully saturated rings. The molecule has 0 bridgehead atoms. The molecular formula is C19H30O5. The first-order valence-corrected chi connectivity index (χ1v) is 8.53. The normalized spacial score (nSPS) is 24.0. The molecule has 0 aromatic rings. The Kier molecular flexibility index (Phi) is 7.84. The van der Waals surface area contributed by atoms with Gasteiger partial charge in [-0.1, -0.05) is 18.2 Å². The van der Waals surface area contributed by atoms with Crippen molar-refractivity contribution in [1.82, 2.24) is 0 Å². The summed E-state index contributed by atoms with van der Waals surface area (Å²) < 4.78 is 16.2. The molecule has 0 amide bonds. The SMILES string of the molecule is C=C(C)[C@@H]1CC=C(C)C(=O)[C@]1(CCC(OCC)OCC)C(=O)OC. The van der Waals surface area contributed by atoms with Gasteiger partial charge in [-0.05, 0) is 52.5 Å². The second kappa shape index (κ2) is 9.14. The maximum atomic E-state index is 13.0. The Morgan fingerprint density at radius 2 is 1.96 bits per heavy atom. The Bertz CT molecular complexity index is 502. The molecular weight excluding hydrogens is 308 g/mol. The average Bonchev–Trinajstić information content (AvgIpc) is 2.55. The quantitative estimate of drug-likeness (QED) is 0.279. The maximum Gasteiger partial charge on any atom is 0.320 e. The largest absolute Gasteiger partial charge is 0.468 e. The number of ether oxygens (including phenoxy) is 3. The van der Waals surface area contributed by atoms with Gasteiger partial charge in [-0.25, -0.2) is 0 Å². The van der Waals surface area contributed by atoms with Crippen LogP contribution in [-0.4, -0.2) is 38.4 Å². The van der Waals surface area contributed by atoms with E-state index < -0.39 is 17.7 Å². The van der Waals surface area contributed by atoms with Crippen LogP contribution in [0.1, 0.15) is 47.0 Å². The van der Waals surface area contributed by atoms with Gasteiger partial charge in [0.15, 0.2) is 12.1 Å². The lowest BCUT2D eigenvalue weighted by atomic mass is 9.61. The highest BCUT2D eigenvalue weighted by Gasteiger charge is 2.54. The van der Waals surface area contributed by atoms with E-state index in [0.29, 0.717) is 38.0 Å². The van der Waals surface area contributed by atoms with Crippen LogP contribution in [0.4, 0.5) is 0 Å². The minimum Gasteiger partial charge on any atom is -0.468 e. The fraction of sp³-hybridized carbons (Fsp3) is 0.684. The van der Waals surface area contributed by atoms with Crippen LogP contribution in [0.25, 0.3) is 0 Å². The summed E-state index contributed by atoms with van der Waals surface area (Å²) in [4.78, 5) is 25.7. The average molecular weight is 338 g/mol. The van der Waals surface area contributed by atoms with Crippen LogP contribution < -0.4 is 0 Å². The summed E-state index contributed by atoms with van der Waals surface area (Å²) in [6, 6.07) is 0. The lowest BCUT2D eigenvalue weighted by molar-refractivity contribution is -0.167. The van der Waals surface area contributed by atoms with Crippen molar-refractivity contribution >= 4 is 11.8 Å². The molecule has 0 aromatic heterocycles. The van der Waals surface area contributed by atoms with Crippen LogP contribution in [-0.2, 0) is 23.8 Å². The Hall–Kier alpha value is -1.46. The molecule has 2 atom stereocenters. The van der Waals surface area contributed by atoms with Crippen LogP contribution in [0.3, 0.4) is 0 Å². The zero-order chi connectivity index (χ0) is 18.3. The van der Waals surface area contributed by atoms with Crippen molar-refractivity contribution in [2.24, 2.45) is 11.3 Å². The summed E-state index contributed by atoms with van der Waals surface area (Å²) in [6.07, 6.45) is 2.80. The number of rotatable bonds is 9. The third-order valence-corrected chi connectivity index (χ3v) is 4.64. The number of hydrogen-bond acceptors (Lipinski definition) is 5. The highest BCUT2D eigenvalue weighted by molar-refractivity contribution is 6.13. The molecule has 0 spiro atoms.